The van der Waals surface area contributed by atoms with Crippen LogP contribution in [0.1, 0.15) is 19.4 Å². The third kappa shape index (κ3) is 1.79. The largest absolute Gasteiger partial charge is 0.377 e. The lowest BCUT2D eigenvalue weighted by Crippen LogP contribution is -2.47. The van der Waals surface area contributed by atoms with Crippen LogP contribution in [0.3, 0.4) is 0 Å². The van der Waals surface area contributed by atoms with Gasteiger partial charge < -0.3 is 16.0 Å². The Morgan fingerprint density at radius 1 is 1.47 bits per heavy atom. The van der Waals surface area contributed by atoms with E-state index in [2.05, 4.69) is 49.3 Å². The van der Waals surface area contributed by atoms with Gasteiger partial charge in [-0.3, -0.25) is 0 Å². The maximum atomic E-state index is 5.75. The molecule has 0 bridgehead atoms. The smallest absolute Gasteiger partial charge is 0.0645 e. The molecule has 15 heavy (non-hydrogen) atoms. The highest BCUT2D eigenvalue weighted by atomic mass is 15.2. The lowest BCUT2D eigenvalue weighted by molar-refractivity contribution is 0.549. The van der Waals surface area contributed by atoms with Crippen molar-refractivity contribution in [1.29, 1.82) is 0 Å². The predicted octanol–water partition coefficient (Wildman–Crippen LogP) is 1.79. The molecule has 3 N–H and O–H groups in total. The van der Waals surface area contributed by atoms with Gasteiger partial charge in [0.15, 0.2) is 0 Å². The van der Waals surface area contributed by atoms with Crippen molar-refractivity contribution in [2.75, 3.05) is 23.8 Å². The molecule has 0 aromatic heterocycles. The Balaban J connectivity index is 2.49. The zero-order valence-electron chi connectivity index (χ0n) is 9.67. The van der Waals surface area contributed by atoms with Crippen LogP contribution in [0, 0.1) is 0 Å². The molecule has 1 aliphatic rings. The van der Waals surface area contributed by atoms with Gasteiger partial charge in [-0.2, -0.15) is 0 Å². The summed E-state index contributed by atoms with van der Waals surface area (Å²) in [5, 5.41) is 3.54. The molecule has 0 saturated carbocycles. The minimum absolute atomic E-state index is 0.120. The molecular weight excluding hydrogens is 186 g/mol. The van der Waals surface area contributed by atoms with Gasteiger partial charge in [-0.15, -0.1) is 0 Å². The number of nitrogens with zero attached hydrogens (tertiary/aromatic N) is 1. The summed E-state index contributed by atoms with van der Waals surface area (Å²) in [5.74, 6) is 0. The summed E-state index contributed by atoms with van der Waals surface area (Å²) in [6.45, 7) is 6.01. The first-order chi connectivity index (χ1) is 7.03. The number of nitrogens with two attached hydrogens (primary N) is 1. The molecule has 0 aliphatic carbocycles. The molecule has 3 nitrogen and oxygen atoms in total. The fourth-order valence-electron chi connectivity index (χ4n) is 2.38. The van der Waals surface area contributed by atoms with Gasteiger partial charge in [0.05, 0.1) is 11.4 Å². The van der Waals surface area contributed by atoms with E-state index < -0.39 is 0 Å². The van der Waals surface area contributed by atoms with E-state index in [0.717, 1.165) is 6.54 Å². The minimum atomic E-state index is 0.120. The average molecular weight is 205 g/mol. The quantitative estimate of drug-likeness (QED) is 0.734. The second-order valence-corrected chi connectivity index (χ2v) is 4.88. The van der Waals surface area contributed by atoms with Crippen molar-refractivity contribution in [3.63, 3.8) is 0 Å². The maximum Gasteiger partial charge on any atom is 0.0645 e. The summed E-state index contributed by atoms with van der Waals surface area (Å²) < 4.78 is 0. The Hall–Kier alpha value is -1.22. The molecule has 1 heterocycles. The Kier molecular flexibility index (Phi) is 2.35. The predicted molar refractivity (Wildman–Crippen MR) is 65.3 cm³/mol. The van der Waals surface area contributed by atoms with Crippen molar-refractivity contribution in [3.05, 3.63) is 23.8 Å². The number of likely N-dealkylation sites (N-methyl/N-ethyl adjacent to an activating group) is 1. The molecule has 0 unspecified atom stereocenters. The number of hydrogen-bond acceptors (Lipinski definition) is 3. The highest BCUT2D eigenvalue weighted by Crippen LogP contribution is 2.35. The van der Waals surface area contributed by atoms with E-state index >= 15 is 0 Å². The van der Waals surface area contributed by atoms with Crippen molar-refractivity contribution in [3.8, 4) is 0 Å². The number of nitrogens with one attached hydrogen (secondary N) is 1. The number of hydrogen-bond donors (Lipinski definition) is 2. The summed E-state index contributed by atoms with van der Waals surface area (Å²) in [7, 11) is 2.13. The molecule has 1 aromatic rings. The van der Waals surface area contributed by atoms with Crippen LogP contribution in [-0.4, -0.2) is 19.1 Å². The SMILES string of the molecule is CN1CC(C)(C)Nc2cccc(CN)c21. The van der Waals surface area contributed by atoms with E-state index in [9.17, 15) is 0 Å². The highest BCUT2D eigenvalue weighted by molar-refractivity contribution is 5.76. The van der Waals surface area contributed by atoms with Gasteiger partial charge in [0, 0.05) is 25.7 Å². The van der Waals surface area contributed by atoms with Crippen molar-refractivity contribution in [2.24, 2.45) is 5.73 Å². The van der Waals surface area contributed by atoms with Crippen molar-refractivity contribution in [1.82, 2.24) is 0 Å². The molecule has 0 saturated heterocycles. The van der Waals surface area contributed by atoms with Crippen molar-refractivity contribution in [2.45, 2.75) is 25.9 Å². The molecular formula is C12H19N3. The zero-order valence-corrected chi connectivity index (χ0v) is 9.67. The molecule has 1 aliphatic heterocycles. The lowest BCUT2D eigenvalue weighted by Gasteiger charge is -2.41. The molecule has 0 amide bonds. The number of rotatable bonds is 1. The standard InChI is InChI=1S/C12H19N3/c1-12(2)8-15(3)11-9(7-13)5-4-6-10(11)14-12/h4-6,14H,7-8,13H2,1-3H3. The highest BCUT2D eigenvalue weighted by Gasteiger charge is 2.28. The second kappa shape index (κ2) is 3.42. The third-order valence-electron chi connectivity index (χ3n) is 2.83. The summed E-state index contributed by atoms with van der Waals surface area (Å²) in [6, 6.07) is 6.27. The van der Waals surface area contributed by atoms with Crippen molar-refractivity contribution >= 4 is 11.4 Å². The number of para-hydroxylation sites is 1. The fourth-order valence-corrected chi connectivity index (χ4v) is 2.38. The molecule has 0 fully saturated rings. The van der Waals surface area contributed by atoms with Crippen LogP contribution >= 0.6 is 0 Å². The Morgan fingerprint density at radius 3 is 2.87 bits per heavy atom. The number of anilines is 2. The maximum absolute atomic E-state index is 5.75. The minimum Gasteiger partial charge on any atom is -0.377 e. The van der Waals surface area contributed by atoms with Gasteiger partial charge in [0.1, 0.15) is 0 Å². The van der Waals surface area contributed by atoms with Gasteiger partial charge in [-0.25, -0.2) is 0 Å². The first-order valence-electron chi connectivity index (χ1n) is 5.35. The van der Waals surface area contributed by atoms with Crippen molar-refractivity contribution < 1.29 is 0 Å². The summed E-state index contributed by atoms with van der Waals surface area (Å²) >= 11 is 0. The van der Waals surface area contributed by atoms with Gasteiger partial charge in [0.2, 0.25) is 0 Å². The molecule has 0 radical (unpaired) electrons. The van der Waals surface area contributed by atoms with Crippen LogP contribution in [0.4, 0.5) is 11.4 Å². The van der Waals surface area contributed by atoms with Gasteiger partial charge in [-0.1, -0.05) is 12.1 Å². The van der Waals surface area contributed by atoms with Gasteiger partial charge in [0.25, 0.3) is 0 Å². The van der Waals surface area contributed by atoms with E-state index in [4.69, 9.17) is 5.73 Å². The van der Waals surface area contributed by atoms with E-state index in [0.29, 0.717) is 6.54 Å². The Bertz CT molecular complexity index is 371. The van der Waals surface area contributed by atoms with Gasteiger partial charge >= 0.3 is 0 Å². The van der Waals surface area contributed by atoms with E-state index in [1.54, 1.807) is 0 Å². The monoisotopic (exact) mass is 205 g/mol. The third-order valence-corrected chi connectivity index (χ3v) is 2.83. The zero-order chi connectivity index (χ0) is 11.1. The first kappa shape index (κ1) is 10.3. The van der Waals surface area contributed by atoms with Crippen LogP contribution < -0.4 is 16.0 Å². The summed E-state index contributed by atoms with van der Waals surface area (Å²) in [4.78, 5) is 2.29. The Morgan fingerprint density at radius 2 is 2.20 bits per heavy atom. The summed E-state index contributed by atoms with van der Waals surface area (Å²) in [5.41, 5.74) is 9.52. The lowest BCUT2D eigenvalue weighted by atomic mass is 9.98. The van der Waals surface area contributed by atoms with Crippen LogP contribution in [0.25, 0.3) is 0 Å². The van der Waals surface area contributed by atoms with E-state index in [1.165, 1.54) is 16.9 Å². The second-order valence-electron chi connectivity index (χ2n) is 4.88. The molecule has 82 valence electrons. The first-order valence-corrected chi connectivity index (χ1v) is 5.35. The van der Waals surface area contributed by atoms with Crippen LogP contribution in [0.15, 0.2) is 18.2 Å². The average Bonchev–Trinajstić information content (AvgIpc) is 2.14. The summed E-state index contributed by atoms with van der Waals surface area (Å²) in [6.07, 6.45) is 0. The van der Waals surface area contributed by atoms with Crippen LogP contribution in [-0.2, 0) is 6.54 Å². The topological polar surface area (TPSA) is 41.3 Å². The Labute approximate surface area is 91.3 Å². The normalized spacial score (nSPS) is 18.3. The van der Waals surface area contributed by atoms with E-state index in [-0.39, 0.29) is 5.54 Å². The number of fused-ring (bicyclic) bond motifs is 1. The van der Waals surface area contributed by atoms with Crippen LogP contribution in [0.2, 0.25) is 0 Å². The molecule has 1 aromatic carbocycles. The molecule has 0 spiro atoms. The fraction of sp³-hybridized carbons (Fsp3) is 0.500. The number of benzene rings is 1. The molecule has 0 atom stereocenters. The van der Waals surface area contributed by atoms with Crippen LogP contribution in [0.5, 0.6) is 0 Å². The molecule has 3 heteroatoms. The van der Waals surface area contributed by atoms with Gasteiger partial charge in [-0.05, 0) is 25.5 Å². The molecule has 2 rings (SSSR count). The van der Waals surface area contributed by atoms with E-state index in [1.807, 2.05) is 0 Å².